The third-order valence-electron chi connectivity index (χ3n) is 7.15. The first-order valence-electron chi connectivity index (χ1n) is 12.1. The summed E-state index contributed by atoms with van der Waals surface area (Å²) in [6.45, 7) is 6.55. The lowest BCUT2D eigenvalue weighted by molar-refractivity contribution is 0.416. The van der Waals surface area contributed by atoms with Gasteiger partial charge in [0.05, 0.1) is 17.1 Å². The van der Waals surface area contributed by atoms with E-state index in [1.165, 1.54) is 48.9 Å². The second-order valence-corrected chi connectivity index (χ2v) is 10.4. The molecule has 5 nitrogen and oxygen atoms in total. The van der Waals surface area contributed by atoms with Gasteiger partial charge in [-0.25, -0.2) is 4.98 Å². The SMILES string of the molecule is Cc1cc(N2CCCC2)c(C)cc1C=Nn1c(C2CCCCC2)nc2ccc(Br)cc2c1=O. The fourth-order valence-electron chi connectivity index (χ4n) is 5.28. The molecule has 2 aromatic carbocycles. The Morgan fingerprint density at radius 1 is 1.00 bits per heavy atom. The summed E-state index contributed by atoms with van der Waals surface area (Å²) < 4.78 is 2.44. The maximum absolute atomic E-state index is 13.5. The van der Waals surface area contributed by atoms with Crippen LogP contribution in [-0.4, -0.2) is 29.0 Å². The highest BCUT2D eigenvalue weighted by Gasteiger charge is 2.22. The minimum absolute atomic E-state index is 0.0961. The molecule has 1 saturated heterocycles. The van der Waals surface area contributed by atoms with Crippen molar-refractivity contribution in [2.45, 2.75) is 64.7 Å². The molecule has 0 amide bonds. The topological polar surface area (TPSA) is 50.5 Å². The Morgan fingerprint density at radius 3 is 2.52 bits per heavy atom. The summed E-state index contributed by atoms with van der Waals surface area (Å²) in [6, 6.07) is 10.2. The maximum atomic E-state index is 13.5. The molecule has 2 fully saturated rings. The van der Waals surface area contributed by atoms with Crippen molar-refractivity contribution >= 4 is 38.7 Å². The van der Waals surface area contributed by atoms with Gasteiger partial charge in [-0.05, 0) is 86.6 Å². The van der Waals surface area contributed by atoms with E-state index < -0.39 is 0 Å². The van der Waals surface area contributed by atoms with Gasteiger partial charge in [0, 0.05) is 29.2 Å². The molecule has 0 unspecified atom stereocenters. The highest BCUT2D eigenvalue weighted by Crippen LogP contribution is 2.32. The number of anilines is 1. The average molecular weight is 507 g/mol. The average Bonchev–Trinajstić information content (AvgIpc) is 3.36. The molecule has 3 aromatic rings. The molecule has 0 spiro atoms. The zero-order valence-electron chi connectivity index (χ0n) is 19.5. The third-order valence-corrected chi connectivity index (χ3v) is 7.64. The number of hydrogen-bond donors (Lipinski definition) is 0. The van der Waals surface area contributed by atoms with Crippen LogP contribution in [0.5, 0.6) is 0 Å². The van der Waals surface area contributed by atoms with Crippen LogP contribution in [0, 0.1) is 13.8 Å². The second-order valence-electron chi connectivity index (χ2n) is 9.52. The van der Waals surface area contributed by atoms with Crippen molar-refractivity contribution in [1.29, 1.82) is 0 Å². The molecule has 1 aromatic heterocycles. The van der Waals surface area contributed by atoms with E-state index in [9.17, 15) is 4.79 Å². The summed E-state index contributed by atoms with van der Waals surface area (Å²) in [6.07, 6.45) is 10.1. The molecular weight excluding hydrogens is 476 g/mol. The summed E-state index contributed by atoms with van der Waals surface area (Å²) in [7, 11) is 0. The van der Waals surface area contributed by atoms with Crippen molar-refractivity contribution in [1.82, 2.24) is 9.66 Å². The Kier molecular flexibility index (Phi) is 6.37. The standard InChI is InChI=1S/C27H31BrN4O/c1-18-15-25(31-12-6-7-13-31)19(2)14-21(18)17-29-32-26(20-8-4-3-5-9-20)30-24-11-10-22(28)16-23(24)27(32)33/h10-11,14-17,20H,3-9,12-13H2,1-2H3. The van der Waals surface area contributed by atoms with Crippen LogP contribution in [0.25, 0.3) is 10.9 Å². The van der Waals surface area contributed by atoms with Crippen LogP contribution in [0.15, 0.2) is 44.7 Å². The summed E-state index contributed by atoms with van der Waals surface area (Å²) in [5.74, 6) is 1.07. The first kappa shape index (κ1) is 22.3. The van der Waals surface area contributed by atoms with Crippen molar-refractivity contribution in [3.05, 3.63) is 67.7 Å². The maximum Gasteiger partial charge on any atom is 0.282 e. The number of halogens is 1. The van der Waals surface area contributed by atoms with Gasteiger partial charge < -0.3 is 4.90 Å². The summed E-state index contributed by atoms with van der Waals surface area (Å²) in [5, 5.41) is 5.34. The molecule has 0 N–H and O–H groups in total. The molecule has 1 aliphatic heterocycles. The Balaban J connectivity index is 1.58. The predicted molar refractivity (Wildman–Crippen MR) is 140 cm³/mol. The molecule has 0 bridgehead atoms. The molecule has 5 rings (SSSR count). The van der Waals surface area contributed by atoms with E-state index in [-0.39, 0.29) is 11.5 Å². The van der Waals surface area contributed by atoms with E-state index >= 15 is 0 Å². The van der Waals surface area contributed by atoms with Crippen LogP contribution < -0.4 is 10.5 Å². The third kappa shape index (κ3) is 4.50. The van der Waals surface area contributed by atoms with Crippen molar-refractivity contribution in [3.8, 4) is 0 Å². The molecule has 172 valence electrons. The lowest BCUT2D eigenvalue weighted by Gasteiger charge is -2.23. The van der Waals surface area contributed by atoms with E-state index in [1.807, 2.05) is 24.4 Å². The van der Waals surface area contributed by atoms with Gasteiger partial charge in [0.2, 0.25) is 0 Å². The van der Waals surface area contributed by atoms with Gasteiger partial charge in [-0.15, -0.1) is 0 Å². The minimum atomic E-state index is -0.0961. The van der Waals surface area contributed by atoms with E-state index in [1.54, 1.807) is 4.68 Å². The second kappa shape index (κ2) is 9.41. The summed E-state index contributed by atoms with van der Waals surface area (Å²) in [5.41, 5.74) is 5.45. The summed E-state index contributed by atoms with van der Waals surface area (Å²) >= 11 is 3.50. The smallest absolute Gasteiger partial charge is 0.282 e. The first-order chi connectivity index (χ1) is 16.0. The largest absolute Gasteiger partial charge is 0.371 e. The number of aromatic nitrogens is 2. The molecule has 1 aliphatic carbocycles. The van der Waals surface area contributed by atoms with E-state index in [2.05, 4.69) is 46.8 Å². The van der Waals surface area contributed by atoms with Crippen LogP contribution in [0.2, 0.25) is 0 Å². The number of fused-ring (bicyclic) bond motifs is 1. The Bertz CT molecular complexity index is 1270. The zero-order chi connectivity index (χ0) is 22.9. The van der Waals surface area contributed by atoms with Gasteiger partial charge in [-0.3, -0.25) is 4.79 Å². The molecule has 33 heavy (non-hydrogen) atoms. The van der Waals surface area contributed by atoms with Gasteiger partial charge in [-0.2, -0.15) is 9.78 Å². The number of aryl methyl sites for hydroxylation is 2. The van der Waals surface area contributed by atoms with Crippen LogP contribution in [0.1, 0.15) is 73.4 Å². The highest BCUT2D eigenvalue weighted by atomic mass is 79.9. The van der Waals surface area contributed by atoms with Crippen molar-refractivity contribution in [2.75, 3.05) is 18.0 Å². The van der Waals surface area contributed by atoms with Gasteiger partial charge in [-0.1, -0.05) is 35.2 Å². The van der Waals surface area contributed by atoms with Gasteiger partial charge in [0.15, 0.2) is 0 Å². The van der Waals surface area contributed by atoms with Crippen LogP contribution in [-0.2, 0) is 0 Å². The van der Waals surface area contributed by atoms with Crippen LogP contribution in [0.4, 0.5) is 5.69 Å². The number of rotatable bonds is 4. The minimum Gasteiger partial charge on any atom is -0.371 e. The van der Waals surface area contributed by atoms with E-state index in [4.69, 9.17) is 10.1 Å². The quantitative estimate of drug-likeness (QED) is 0.389. The number of benzene rings is 2. The lowest BCUT2D eigenvalue weighted by Crippen LogP contribution is -2.25. The normalized spacial score (nSPS) is 17.5. The molecule has 1 saturated carbocycles. The van der Waals surface area contributed by atoms with Gasteiger partial charge in [0.25, 0.3) is 5.56 Å². The van der Waals surface area contributed by atoms with Gasteiger partial charge >= 0.3 is 0 Å². The highest BCUT2D eigenvalue weighted by molar-refractivity contribution is 9.10. The first-order valence-corrected chi connectivity index (χ1v) is 12.9. The van der Waals surface area contributed by atoms with Crippen LogP contribution in [0.3, 0.4) is 0 Å². The van der Waals surface area contributed by atoms with E-state index in [0.717, 1.165) is 47.3 Å². The Labute approximate surface area is 203 Å². The molecule has 0 atom stereocenters. The molecule has 6 heteroatoms. The number of nitrogens with zero attached hydrogens (tertiary/aromatic N) is 4. The fourth-order valence-corrected chi connectivity index (χ4v) is 5.64. The Hall–Kier alpha value is -2.47. The van der Waals surface area contributed by atoms with Gasteiger partial charge in [0.1, 0.15) is 5.82 Å². The van der Waals surface area contributed by atoms with Crippen LogP contribution >= 0.6 is 15.9 Å². The van der Waals surface area contributed by atoms with E-state index in [0.29, 0.717) is 5.39 Å². The molecule has 0 radical (unpaired) electrons. The zero-order valence-corrected chi connectivity index (χ0v) is 21.1. The summed E-state index contributed by atoms with van der Waals surface area (Å²) in [4.78, 5) is 20.9. The number of hydrogen-bond acceptors (Lipinski definition) is 4. The molecule has 2 heterocycles. The molecular formula is C27H31BrN4O. The lowest BCUT2D eigenvalue weighted by atomic mass is 9.88. The van der Waals surface area contributed by atoms with Crippen molar-refractivity contribution < 1.29 is 0 Å². The van der Waals surface area contributed by atoms with Crippen molar-refractivity contribution in [2.24, 2.45) is 5.10 Å². The monoisotopic (exact) mass is 506 g/mol. The molecule has 2 aliphatic rings. The predicted octanol–water partition coefficient (Wildman–Crippen LogP) is 6.31. The Morgan fingerprint density at radius 2 is 1.76 bits per heavy atom. The fraction of sp³-hybridized carbons (Fsp3) is 0.444. The van der Waals surface area contributed by atoms with Crippen molar-refractivity contribution in [3.63, 3.8) is 0 Å².